The summed E-state index contributed by atoms with van der Waals surface area (Å²) in [5.41, 5.74) is 3.60. The maximum Gasteiger partial charge on any atom is 0.134 e. The summed E-state index contributed by atoms with van der Waals surface area (Å²) in [6.45, 7) is 8.53. The molecule has 0 aliphatic rings. The number of allylic oxidation sites excluding steroid dienone is 2. The first-order valence-corrected chi connectivity index (χ1v) is 9.54. The first-order valence-electron chi connectivity index (χ1n) is 9.54. The molecule has 3 nitrogen and oxygen atoms in total. The third-order valence-electron chi connectivity index (χ3n) is 5.07. The number of fused-ring (bicyclic) bond motifs is 1. The largest absolute Gasteiger partial charge is 0.308 e. The van der Waals surface area contributed by atoms with Crippen molar-refractivity contribution >= 4 is 22.6 Å². The van der Waals surface area contributed by atoms with Crippen LogP contribution in [0.4, 0.5) is 0 Å². The van der Waals surface area contributed by atoms with E-state index in [4.69, 9.17) is 10.4 Å². The van der Waals surface area contributed by atoms with E-state index in [-0.39, 0.29) is 5.41 Å². The van der Waals surface area contributed by atoms with Gasteiger partial charge in [-0.15, -0.1) is 0 Å². The highest BCUT2D eigenvalue weighted by atomic mass is 14.9. The third-order valence-corrected chi connectivity index (χ3v) is 5.07. The van der Waals surface area contributed by atoms with Crippen LogP contribution in [-0.2, 0) is 5.41 Å². The summed E-state index contributed by atoms with van der Waals surface area (Å²) in [5, 5.41) is 10.2. The molecule has 0 spiro atoms. The molecule has 3 aromatic rings. The van der Waals surface area contributed by atoms with Crippen LogP contribution >= 0.6 is 0 Å². The van der Waals surface area contributed by atoms with Gasteiger partial charge in [-0.3, -0.25) is 0 Å². The fourth-order valence-electron chi connectivity index (χ4n) is 3.53. The van der Waals surface area contributed by atoms with Gasteiger partial charge in [-0.2, -0.15) is 0 Å². The summed E-state index contributed by atoms with van der Waals surface area (Å²) in [7, 11) is 0. The van der Waals surface area contributed by atoms with Crippen LogP contribution in [0.3, 0.4) is 0 Å². The standard InChI is InChI=1S/C24H27N3/c1-5-13-24(3,4)23-26-16-21(17(6-2)15-25)22(27-23)20-12-11-18-9-7-8-10-19(18)14-20/h6-12,14-16,25H,5,13H2,1-4H3/b17-6+,25-15?. The van der Waals surface area contributed by atoms with Gasteiger partial charge in [-0.05, 0) is 35.8 Å². The Hall–Kier alpha value is -2.81. The molecule has 0 unspecified atom stereocenters. The molecular formula is C24H27N3. The van der Waals surface area contributed by atoms with Crippen molar-refractivity contribution in [3.8, 4) is 11.3 Å². The van der Waals surface area contributed by atoms with Crippen molar-refractivity contribution in [2.45, 2.75) is 46.0 Å². The Kier molecular flexibility index (Phi) is 5.50. The van der Waals surface area contributed by atoms with Crippen LogP contribution in [0.5, 0.6) is 0 Å². The predicted octanol–water partition coefficient (Wildman–Crippen LogP) is 6.43. The van der Waals surface area contributed by atoms with Crippen molar-refractivity contribution in [2.24, 2.45) is 0 Å². The molecule has 0 saturated carbocycles. The maximum atomic E-state index is 7.78. The highest BCUT2D eigenvalue weighted by Gasteiger charge is 2.24. The van der Waals surface area contributed by atoms with Crippen molar-refractivity contribution in [3.63, 3.8) is 0 Å². The lowest BCUT2D eigenvalue weighted by Gasteiger charge is -2.23. The Morgan fingerprint density at radius 1 is 1.11 bits per heavy atom. The number of nitrogens with zero attached hydrogens (tertiary/aromatic N) is 2. The molecular weight excluding hydrogens is 330 g/mol. The van der Waals surface area contributed by atoms with Crippen molar-refractivity contribution in [3.05, 3.63) is 66.1 Å². The van der Waals surface area contributed by atoms with Crippen LogP contribution in [0.15, 0.2) is 54.7 Å². The minimum Gasteiger partial charge on any atom is -0.308 e. The highest BCUT2D eigenvalue weighted by molar-refractivity contribution is 6.10. The number of nitrogens with one attached hydrogen (secondary N) is 1. The molecule has 0 atom stereocenters. The van der Waals surface area contributed by atoms with Gasteiger partial charge in [0.1, 0.15) is 5.82 Å². The van der Waals surface area contributed by atoms with Gasteiger partial charge in [0, 0.05) is 29.0 Å². The second kappa shape index (κ2) is 7.83. The second-order valence-electron chi connectivity index (χ2n) is 7.54. The average molecular weight is 358 g/mol. The summed E-state index contributed by atoms with van der Waals surface area (Å²) >= 11 is 0. The smallest absolute Gasteiger partial charge is 0.134 e. The Balaban J connectivity index is 2.23. The highest BCUT2D eigenvalue weighted by Crippen LogP contribution is 2.32. The molecule has 0 radical (unpaired) electrons. The average Bonchev–Trinajstić information content (AvgIpc) is 2.68. The first kappa shape index (κ1) is 19.0. The van der Waals surface area contributed by atoms with E-state index < -0.39 is 0 Å². The quantitative estimate of drug-likeness (QED) is 0.517. The van der Waals surface area contributed by atoms with E-state index in [1.54, 1.807) is 0 Å². The van der Waals surface area contributed by atoms with E-state index in [1.807, 2.05) is 19.2 Å². The number of hydrogen-bond donors (Lipinski definition) is 1. The van der Waals surface area contributed by atoms with Gasteiger partial charge in [-0.1, -0.05) is 69.7 Å². The number of hydrogen-bond acceptors (Lipinski definition) is 3. The van der Waals surface area contributed by atoms with Gasteiger partial charge in [0.25, 0.3) is 0 Å². The van der Waals surface area contributed by atoms with Gasteiger partial charge >= 0.3 is 0 Å². The fourth-order valence-corrected chi connectivity index (χ4v) is 3.53. The van der Waals surface area contributed by atoms with E-state index >= 15 is 0 Å². The molecule has 3 heteroatoms. The van der Waals surface area contributed by atoms with E-state index in [0.29, 0.717) is 0 Å². The van der Waals surface area contributed by atoms with E-state index in [2.05, 4.69) is 68.2 Å². The van der Waals surface area contributed by atoms with E-state index in [9.17, 15) is 0 Å². The second-order valence-corrected chi connectivity index (χ2v) is 7.54. The molecule has 0 fully saturated rings. The zero-order valence-electron chi connectivity index (χ0n) is 16.6. The summed E-state index contributed by atoms with van der Waals surface area (Å²) < 4.78 is 0. The zero-order valence-corrected chi connectivity index (χ0v) is 16.6. The molecule has 0 saturated heterocycles. The molecule has 3 rings (SSSR count). The topological polar surface area (TPSA) is 49.6 Å². The molecule has 138 valence electrons. The monoisotopic (exact) mass is 357 g/mol. The molecule has 2 aromatic carbocycles. The van der Waals surface area contributed by atoms with E-state index in [0.717, 1.165) is 41.1 Å². The molecule has 0 aliphatic carbocycles. The lowest BCUT2D eigenvalue weighted by atomic mass is 9.86. The summed E-state index contributed by atoms with van der Waals surface area (Å²) in [5.74, 6) is 0.858. The number of rotatable bonds is 6. The van der Waals surface area contributed by atoms with Crippen LogP contribution in [-0.4, -0.2) is 16.2 Å². The molecule has 1 N–H and O–H groups in total. The van der Waals surface area contributed by atoms with Crippen LogP contribution < -0.4 is 0 Å². The van der Waals surface area contributed by atoms with Crippen LogP contribution in [0.25, 0.3) is 27.6 Å². The lowest BCUT2D eigenvalue weighted by molar-refractivity contribution is 0.444. The van der Waals surface area contributed by atoms with Gasteiger partial charge in [-0.25, -0.2) is 9.97 Å². The van der Waals surface area contributed by atoms with E-state index in [1.165, 1.54) is 17.0 Å². The van der Waals surface area contributed by atoms with Crippen molar-refractivity contribution < 1.29 is 0 Å². The third kappa shape index (κ3) is 3.82. The minimum atomic E-state index is -0.0837. The Bertz CT molecular complexity index is 999. The normalized spacial score (nSPS) is 12.4. The van der Waals surface area contributed by atoms with Gasteiger partial charge in [0.15, 0.2) is 0 Å². The summed E-state index contributed by atoms with van der Waals surface area (Å²) in [6, 6.07) is 14.8. The molecule has 0 aliphatic heterocycles. The molecule has 1 heterocycles. The summed E-state index contributed by atoms with van der Waals surface area (Å²) in [6.07, 6.45) is 7.31. The molecule has 1 aromatic heterocycles. The van der Waals surface area contributed by atoms with Gasteiger partial charge in [0.2, 0.25) is 0 Å². The lowest BCUT2D eigenvalue weighted by Crippen LogP contribution is -2.21. The molecule has 0 bridgehead atoms. The van der Waals surface area contributed by atoms with Crippen LogP contribution in [0, 0.1) is 5.41 Å². The Morgan fingerprint density at radius 3 is 2.52 bits per heavy atom. The minimum absolute atomic E-state index is 0.0837. The van der Waals surface area contributed by atoms with Gasteiger partial charge in [0.05, 0.1) is 5.69 Å². The van der Waals surface area contributed by atoms with Crippen molar-refractivity contribution in [1.82, 2.24) is 9.97 Å². The molecule has 27 heavy (non-hydrogen) atoms. The zero-order chi connectivity index (χ0) is 19.4. The van der Waals surface area contributed by atoms with Crippen molar-refractivity contribution in [1.29, 1.82) is 5.41 Å². The van der Waals surface area contributed by atoms with Crippen LogP contribution in [0.2, 0.25) is 0 Å². The van der Waals surface area contributed by atoms with Crippen LogP contribution in [0.1, 0.15) is 51.9 Å². The van der Waals surface area contributed by atoms with Gasteiger partial charge < -0.3 is 5.41 Å². The fraction of sp³-hybridized carbons (Fsp3) is 0.292. The molecule has 0 amide bonds. The SMILES string of the molecule is C/C=C(\C=N)c1cnc(C(C)(C)CCC)nc1-c1ccc2ccccc2c1. The predicted molar refractivity (Wildman–Crippen MR) is 115 cm³/mol. The maximum absolute atomic E-state index is 7.78. The Morgan fingerprint density at radius 2 is 1.85 bits per heavy atom. The number of benzene rings is 2. The summed E-state index contributed by atoms with van der Waals surface area (Å²) in [4.78, 5) is 9.68. The Labute approximate surface area is 161 Å². The first-order chi connectivity index (χ1) is 13.0. The van der Waals surface area contributed by atoms with Crippen molar-refractivity contribution in [2.75, 3.05) is 0 Å². The number of aromatic nitrogens is 2.